The van der Waals surface area contributed by atoms with Gasteiger partial charge in [0.15, 0.2) is 11.5 Å². The van der Waals surface area contributed by atoms with E-state index in [2.05, 4.69) is 10.4 Å². The van der Waals surface area contributed by atoms with Crippen LogP contribution in [0.3, 0.4) is 0 Å². The van der Waals surface area contributed by atoms with Crippen molar-refractivity contribution >= 4 is 18.2 Å². The van der Waals surface area contributed by atoms with E-state index in [0.29, 0.717) is 30.1 Å². The van der Waals surface area contributed by atoms with E-state index in [4.69, 9.17) is 9.47 Å². The monoisotopic (exact) mass is 333 g/mol. The van der Waals surface area contributed by atoms with Crippen LogP contribution >= 0.6 is 0 Å². The molecule has 7 heteroatoms. The predicted octanol–water partition coefficient (Wildman–Crippen LogP) is 2.54. The fourth-order valence-corrected chi connectivity index (χ4v) is 2.23. The largest absolute Gasteiger partial charge is 0.493 e. The molecule has 0 aromatic heterocycles. The van der Waals surface area contributed by atoms with Gasteiger partial charge in [-0.25, -0.2) is 4.79 Å². The van der Waals surface area contributed by atoms with Gasteiger partial charge in [-0.15, -0.1) is 5.01 Å². The van der Waals surface area contributed by atoms with Crippen LogP contribution in [0, 0.1) is 0 Å². The van der Waals surface area contributed by atoms with Crippen LogP contribution in [0.2, 0.25) is 0 Å². The first-order valence-corrected chi connectivity index (χ1v) is 7.96. The van der Waals surface area contributed by atoms with Crippen molar-refractivity contribution in [2.75, 3.05) is 13.7 Å². The molecule has 0 radical (unpaired) electrons. The van der Waals surface area contributed by atoms with Crippen molar-refractivity contribution in [1.82, 2.24) is 10.3 Å². The van der Waals surface area contributed by atoms with Gasteiger partial charge in [0.05, 0.1) is 19.9 Å². The van der Waals surface area contributed by atoms with Gasteiger partial charge in [-0.1, -0.05) is 13.8 Å². The summed E-state index contributed by atoms with van der Waals surface area (Å²) in [6.45, 7) is 6.15. The maximum Gasteiger partial charge on any atom is 0.346 e. The van der Waals surface area contributed by atoms with Crippen LogP contribution in [0.15, 0.2) is 23.3 Å². The molecule has 0 bridgehead atoms. The van der Waals surface area contributed by atoms with E-state index in [1.54, 1.807) is 32.2 Å². The Morgan fingerprint density at radius 1 is 1.29 bits per heavy atom. The van der Waals surface area contributed by atoms with Crippen molar-refractivity contribution < 1.29 is 19.1 Å². The summed E-state index contributed by atoms with van der Waals surface area (Å²) in [5.41, 5.74) is -0.203. The Labute approximate surface area is 141 Å². The molecule has 1 atom stereocenters. The van der Waals surface area contributed by atoms with E-state index in [9.17, 15) is 9.59 Å². The molecule has 1 N–H and O–H groups in total. The molecule has 24 heavy (non-hydrogen) atoms. The molecule has 1 aliphatic heterocycles. The molecule has 1 aromatic rings. The third-order valence-corrected chi connectivity index (χ3v) is 3.92. The zero-order chi connectivity index (χ0) is 17.7. The molecule has 1 unspecified atom stereocenters. The second kappa shape index (κ2) is 7.33. The SMILES string of the molecule is CCCOc1ccc(/C=N/N2C(=O)NC(C)(CC)C2=O)cc1OC. The lowest BCUT2D eigenvalue weighted by Gasteiger charge is -2.17. The summed E-state index contributed by atoms with van der Waals surface area (Å²) in [6.07, 6.45) is 2.85. The molecule has 1 aromatic carbocycles. The minimum atomic E-state index is -0.899. The number of carbonyl (C=O) groups excluding carboxylic acids is 2. The number of amides is 3. The third kappa shape index (κ3) is 3.50. The molecule has 7 nitrogen and oxygen atoms in total. The summed E-state index contributed by atoms with van der Waals surface area (Å²) in [6, 6.07) is 4.79. The first-order valence-electron chi connectivity index (χ1n) is 7.96. The third-order valence-electron chi connectivity index (χ3n) is 3.92. The van der Waals surface area contributed by atoms with E-state index in [1.807, 2.05) is 13.8 Å². The highest BCUT2D eigenvalue weighted by molar-refractivity contribution is 6.07. The fraction of sp³-hybridized carbons (Fsp3) is 0.471. The Bertz CT molecular complexity index is 659. The molecule has 0 saturated carbocycles. The van der Waals surface area contributed by atoms with Gasteiger partial charge in [0.25, 0.3) is 5.91 Å². The number of urea groups is 1. The highest BCUT2D eigenvalue weighted by Gasteiger charge is 2.46. The van der Waals surface area contributed by atoms with E-state index < -0.39 is 11.6 Å². The Morgan fingerprint density at radius 3 is 2.62 bits per heavy atom. The average molecular weight is 333 g/mol. The number of benzene rings is 1. The van der Waals surface area contributed by atoms with Crippen LogP contribution in [-0.4, -0.2) is 42.4 Å². The van der Waals surface area contributed by atoms with Crippen molar-refractivity contribution in [3.63, 3.8) is 0 Å². The summed E-state index contributed by atoms with van der Waals surface area (Å²) in [5, 5.41) is 7.52. The zero-order valence-electron chi connectivity index (χ0n) is 14.5. The van der Waals surface area contributed by atoms with Crippen molar-refractivity contribution in [3.8, 4) is 11.5 Å². The summed E-state index contributed by atoms with van der Waals surface area (Å²) in [4.78, 5) is 24.2. The smallest absolute Gasteiger partial charge is 0.346 e. The molecule has 3 amide bonds. The lowest BCUT2D eigenvalue weighted by atomic mass is 10.00. The number of ether oxygens (including phenoxy) is 2. The minimum Gasteiger partial charge on any atom is -0.493 e. The number of nitrogens with zero attached hydrogens (tertiary/aromatic N) is 2. The van der Waals surface area contributed by atoms with Crippen LogP contribution in [0.4, 0.5) is 4.79 Å². The van der Waals surface area contributed by atoms with Crippen LogP contribution in [-0.2, 0) is 4.79 Å². The standard InChI is InChI=1S/C17H23N3O4/c1-5-9-24-13-8-7-12(10-14(13)23-4)11-18-20-15(21)17(3,6-2)19-16(20)22/h7-8,10-11H,5-6,9H2,1-4H3,(H,19,22)/b18-11+. The lowest BCUT2D eigenvalue weighted by Crippen LogP contribution is -2.42. The van der Waals surface area contributed by atoms with E-state index in [-0.39, 0.29) is 5.91 Å². The van der Waals surface area contributed by atoms with Gasteiger partial charge in [0, 0.05) is 0 Å². The maximum atomic E-state index is 12.3. The van der Waals surface area contributed by atoms with Crippen LogP contribution in [0.5, 0.6) is 11.5 Å². The van der Waals surface area contributed by atoms with Crippen LogP contribution in [0.1, 0.15) is 39.2 Å². The number of hydrogen-bond acceptors (Lipinski definition) is 5. The fourth-order valence-electron chi connectivity index (χ4n) is 2.23. The maximum absolute atomic E-state index is 12.3. The predicted molar refractivity (Wildman–Crippen MR) is 90.4 cm³/mol. The Kier molecular flexibility index (Phi) is 5.43. The molecule has 1 heterocycles. The summed E-state index contributed by atoms with van der Waals surface area (Å²) >= 11 is 0. The number of methoxy groups -OCH3 is 1. The Morgan fingerprint density at radius 2 is 2.04 bits per heavy atom. The van der Waals surface area contributed by atoms with E-state index in [1.165, 1.54) is 6.21 Å². The first-order chi connectivity index (χ1) is 11.4. The van der Waals surface area contributed by atoms with Crippen molar-refractivity contribution in [3.05, 3.63) is 23.8 Å². The Balaban J connectivity index is 2.17. The quantitative estimate of drug-likeness (QED) is 0.614. The second-order valence-electron chi connectivity index (χ2n) is 5.74. The van der Waals surface area contributed by atoms with Gasteiger partial charge in [0.2, 0.25) is 0 Å². The average Bonchev–Trinajstić information content (AvgIpc) is 2.81. The highest BCUT2D eigenvalue weighted by Crippen LogP contribution is 2.28. The number of imide groups is 1. The summed E-state index contributed by atoms with van der Waals surface area (Å²) in [7, 11) is 1.55. The number of rotatable bonds is 7. The molecule has 0 aliphatic carbocycles. The van der Waals surface area contributed by atoms with Crippen molar-refractivity contribution in [2.45, 2.75) is 39.2 Å². The minimum absolute atomic E-state index is 0.360. The Hall–Kier alpha value is -2.57. The van der Waals surface area contributed by atoms with Gasteiger partial charge in [0.1, 0.15) is 5.54 Å². The van der Waals surface area contributed by atoms with Crippen LogP contribution < -0.4 is 14.8 Å². The zero-order valence-corrected chi connectivity index (χ0v) is 14.5. The van der Waals surface area contributed by atoms with Gasteiger partial charge < -0.3 is 14.8 Å². The van der Waals surface area contributed by atoms with Gasteiger partial charge in [-0.05, 0) is 43.5 Å². The van der Waals surface area contributed by atoms with Gasteiger partial charge in [-0.2, -0.15) is 5.10 Å². The molecule has 0 spiro atoms. The van der Waals surface area contributed by atoms with Crippen LogP contribution in [0.25, 0.3) is 0 Å². The molecule has 130 valence electrons. The van der Waals surface area contributed by atoms with Gasteiger partial charge in [-0.3, -0.25) is 4.79 Å². The topological polar surface area (TPSA) is 80.2 Å². The van der Waals surface area contributed by atoms with Gasteiger partial charge >= 0.3 is 6.03 Å². The normalized spacial score (nSPS) is 20.6. The molecular weight excluding hydrogens is 310 g/mol. The second-order valence-corrected chi connectivity index (χ2v) is 5.74. The van der Waals surface area contributed by atoms with Crippen molar-refractivity contribution in [1.29, 1.82) is 0 Å². The van der Waals surface area contributed by atoms with Crippen molar-refractivity contribution in [2.24, 2.45) is 5.10 Å². The lowest BCUT2D eigenvalue weighted by molar-refractivity contribution is -0.130. The van der Waals surface area contributed by atoms with E-state index >= 15 is 0 Å². The number of nitrogens with one attached hydrogen (secondary N) is 1. The highest BCUT2D eigenvalue weighted by atomic mass is 16.5. The number of carbonyl (C=O) groups is 2. The molecule has 1 saturated heterocycles. The molecule has 1 fully saturated rings. The molecule has 1 aliphatic rings. The molecule has 2 rings (SSSR count). The number of hydrazone groups is 1. The van der Waals surface area contributed by atoms with E-state index in [0.717, 1.165) is 11.4 Å². The molecular formula is C17H23N3O4. The number of hydrogen-bond donors (Lipinski definition) is 1. The first kappa shape index (κ1) is 17.8. The summed E-state index contributed by atoms with van der Waals surface area (Å²) < 4.78 is 10.9. The summed E-state index contributed by atoms with van der Waals surface area (Å²) in [5.74, 6) is 0.856.